The second kappa shape index (κ2) is 10.9. The zero-order valence-electron chi connectivity index (χ0n) is 20.5. The summed E-state index contributed by atoms with van der Waals surface area (Å²) in [5.74, 6) is -1.13. The highest BCUT2D eigenvalue weighted by Gasteiger charge is 2.31. The van der Waals surface area contributed by atoms with Crippen molar-refractivity contribution in [2.45, 2.75) is 59.6 Å². The molecule has 0 aliphatic heterocycles. The predicted octanol–water partition coefficient (Wildman–Crippen LogP) is 8.07. The summed E-state index contributed by atoms with van der Waals surface area (Å²) < 4.78 is 39.2. The summed E-state index contributed by atoms with van der Waals surface area (Å²) in [5, 5.41) is 9.10. The van der Waals surface area contributed by atoms with Crippen molar-refractivity contribution in [2.24, 2.45) is 0 Å². The van der Waals surface area contributed by atoms with Crippen LogP contribution in [-0.2, 0) is 12.6 Å². The summed E-state index contributed by atoms with van der Waals surface area (Å²) in [6.07, 6.45) is -1.13. The van der Waals surface area contributed by atoms with E-state index in [1.807, 2.05) is 0 Å². The Morgan fingerprint density at radius 1 is 0.914 bits per heavy atom. The van der Waals surface area contributed by atoms with E-state index in [0.717, 1.165) is 35.6 Å². The fourth-order valence-electron chi connectivity index (χ4n) is 4.58. The topological polar surface area (TPSA) is 50.2 Å². The van der Waals surface area contributed by atoms with E-state index >= 15 is 0 Å². The van der Waals surface area contributed by atoms with E-state index in [0.29, 0.717) is 24.1 Å². The molecule has 0 bridgehead atoms. The number of aryl methyl sites for hydroxylation is 3. The number of halogens is 3. The molecule has 3 aromatic rings. The van der Waals surface area contributed by atoms with Crippen molar-refractivity contribution in [3.63, 3.8) is 0 Å². The van der Waals surface area contributed by atoms with E-state index < -0.39 is 17.7 Å². The quantitative estimate of drug-likeness (QED) is 0.410. The molecular formula is C29H30F3NO2. The number of hydrogen-bond donors (Lipinski definition) is 1. The Bertz CT molecular complexity index is 1240. The zero-order chi connectivity index (χ0) is 25.8. The van der Waals surface area contributed by atoms with Crippen LogP contribution in [0, 0.1) is 20.8 Å². The molecule has 0 amide bonds. The smallest absolute Gasteiger partial charge is 0.416 e. The van der Waals surface area contributed by atoms with Gasteiger partial charge in [0.15, 0.2) is 0 Å². The van der Waals surface area contributed by atoms with Gasteiger partial charge in [-0.2, -0.15) is 13.2 Å². The first-order valence-electron chi connectivity index (χ1n) is 11.7. The van der Waals surface area contributed by atoms with Gasteiger partial charge in [-0.25, -0.2) is 9.78 Å². The van der Waals surface area contributed by atoms with Gasteiger partial charge in [0.2, 0.25) is 0 Å². The van der Waals surface area contributed by atoms with E-state index in [-0.39, 0.29) is 5.69 Å². The Morgan fingerprint density at radius 3 is 2.11 bits per heavy atom. The molecule has 3 nitrogen and oxygen atoms in total. The molecule has 0 spiro atoms. The molecule has 0 fully saturated rings. The molecule has 0 saturated carbocycles. The molecule has 184 valence electrons. The van der Waals surface area contributed by atoms with E-state index in [9.17, 15) is 18.0 Å². The second-order valence-corrected chi connectivity index (χ2v) is 8.78. The number of aromatic carboxylic acids is 1. The Labute approximate surface area is 204 Å². The van der Waals surface area contributed by atoms with Crippen LogP contribution in [0.3, 0.4) is 0 Å². The molecule has 1 N–H and O–H groups in total. The van der Waals surface area contributed by atoms with E-state index in [1.165, 1.54) is 34.9 Å². The summed E-state index contributed by atoms with van der Waals surface area (Å²) in [7, 11) is 0. The number of nitrogens with zero attached hydrogens (tertiary/aromatic N) is 1. The van der Waals surface area contributed by atoms with Crippen molar-refractivity contribution in [1.29, 1.82) is 0 Å². The maximum atomic E-state index is 13.1. The normalized spacial score (nSPS) is 13.5. The summed E-state index contributed by atoms with van der Waals surface area (Å²) in [4.78, 5) is 15.3. The molecule has 1 aliphatic rings. The van der Waals surface area contributed by atoms with Gasteiger partial charge in [-0.3, -0.25) is 0 Å². The van der Waals surface area contributed by atoms with Crippen LogP contribution in [0.25, 0.3) is 11.1 Å². The highest BCUT2D eigenvalue weighted by atomic mass is 19.4. The lowest BCUT2D eigenvalue weighted by molar-refractivity contribution is -0.137. The number of carboxylic acid groups (broad SMARTS) is 1. The number of carbonyl (C=O) groups is 1. The zero-order valence-corrected chi connectivity index (χ0v) is 20.5. The molecule has 0 saturated heterocycles. The average molecular weight is 482 g/mol. The molecule has 1 aromatic heterocycles. The summed E-state index contributed by atoms with van der Waals surface area (Å²) in [6.45, 7) is 8.33. The molecule has 6 heteroatoms. The predicted molar refractivity (Wildman–Crippen MR) is 133 cm³/mol. The molecule has 0 atom stereocenters. The van der Waals surface area contributed by atoms with E-state index in [2.05, 4.69) is 44.0 Å². The lowest BCUT2D eigenvalue weighted by atomic mass is 9.94. The standard InChI is InChI=1S/C19H16F3NO2.C10H14/c1-11-8-9-12(19(20,21)22)10-15(11)13-4-2-5-14(13)16-6-3-7-17(23-16)18(24)25;1-4-10-8(2)6-5-7-9(10)3/h3,6-10H,2,4-5H2,1H3,(H,24,25);5-7H,4H2,1-3H3. The number of aromatic nitrogens is 1. The largest absolute Gasteiger partial charge is 0.477 e. The van der Waals surface area contributed by atoms with Crippen LogP contribution in [0.15, 0.2) is 54.6 Å². The molecule has 1 aliphatic carbocycles. The fourth-order valence-corrected chi connectivity index (χ4v) is 4.58. The molecule has 35 heavy (non-hydrogen) atoms. The number of allylic oxidation sites excluding steroid dienone is 2. The van der Waals surface area contributed by atoms with Crippen LogP contribution in [0.2, 0.25) is 0 Å². The summed E-state index contributed by atoms with van der Waals surface area (Å²) >= 11 is 0. The Kier molecular flexibility index (Phi) is 8.15. The van der Waals surface area contributed by atoms with E-state index in [1.54, 1.807) is 19.1 Å². The first-order chi connectivity index (χ1) is 16.5. The molecule has 4 rings (SSSR count). The monoisotopic (exact) mass is 481 g/mol. The van der Waals surface area contributed by atoms with Crippen molar-refractivity contribution in [3.8, 4) is 0 Å². The van der Waals surface area contributed by atoms with Gasteiger partial charge >= 0.3 is 12.1 Å². The first kappa shape index (κ1) is 26.2. The van der Waals surface area contributed by atoms with Crippen LogP contribution >= 0.6 is 0 Å². The van der Waals surface area contributed by atoms with Gasteiger partial charge in [0.25, 0.3) is 0 Å². The molecule has 0 unspecified atom stereocenters. The Balaban J connectivity index is 0.000000287. The lowest BCUT2D eigenvalue weighted by Gasteiger charge is -2.14. The van der Waals surface area contributed by atoms with Crippen molar-refractivity contribution in [3.05, 3.63) is 99.4 Å². The maximum Gasteiger partial charge on any atom is 0.416 e. The van der Waals surface area contributed by atoms with Crippen molar-refractivity contribution >= 4 is 17.1 Å². The first-order valence-corrected chi connectivity index (χ1v) is 11.7. The summed E-state index contributed by atoms with van der Waals surface area (Å²) in [5.41, 5.74) is 7.07. The van der Waals surface area contributed by atoms with Crippen molar-refractivity contribution in [2.75, 3.05) is 0 Å². The van der Waals surface area contributed by atoms with E-state index in [4.69, 9.17) is 5.11 Å². The average Bonchev–Trinajstić information content (AvgIpc) is 3.29. The van der Waals surface area contributed by atoms with Gasteiger partial charge < -0.3 is 5.11 Å². The highest BCUT2D eigenvalue weighted by Crippen LogP contribution is 2.42. The number of rotatable bonds is 4. The van der Waals surface area contributed by atoms with Gasteiger partial charge in [0.05, 0.1) is 11.3 Å². The minimum Gasteiger partial charge on any atom is -0.477 e. The number of hydrogen-bond acceptors (Lipinski definition) is 2. The molecule has 0 radical (unpaired) electrons. The van der Waals surface area contributed by atoms with Crippen LogP contribution in [0.5, 0.6) is 0 Å². The number of carboxylic acids is 1. The van der Waals surface area contributed by atoms with Gasteiger partial charge in [-0.05, 0) is 110 Å². The third kappa shape index (κ3) is 6.18. The third-order valence-electron chi connectivity index (χ3n) is 6.38. The number of pyridine rings is 1. The number of alkyl halides is 3. The van der Waals surface area contributed by atoms with Gasteiger partial charge in [-0.1, -0.05) is 37.3 Å². The molecular weight excluding hydrogens is 451 g/mol. The van der Waals surface area contributed by atoms with Crippen molar-refractivity contribution in [1.82, 2.24) is 4.98 Å². The molecule has 2 aromatic carbocycles. The fraction of sp³-hybridized carbons (Fsp3) is 0.310. The van der Waals surface area contributed by atoms with Crippen molar-refractivity contribution < 1.29 is 23.1 Å². The lowest BCUT2D eigenvalue weighted by Crippen LogP contribution is -2.06. The Hall–Kier alpha value is -3.41. The van der Waals surface area contributed by atoms with Gasteiger partial charge in [-0.15, -0.1) is 0 Å². The third-order valence-corrected chi connectivity index (χ3v) is 6.38. The minimum atomic E-state index is -4.40. The van der Waals surface area contributed by atoms with Gasteiger partial charge in [0, 0.05) is 0 Å². The van der Waals surface area contributed by atoms with Crippen LogP contribution < -0.4 is 0 Å². The van der Waals surface area contributed by atoms with Crippen LogP contribution in [0.1, 0.15) is 75.7 Å². The highest BCUT2D eigenvalue weighted by molar-refractivity contribution is 5.94. The van der Waals surface area contributed by atoms with Gasteiger partial charge in [0.1, 0.15) is 5.69 Å². The Morgan fingerprint density at radius 2 is 1.54 bits per heavy atom. The second-order valence-electron chi connectivity index (χ2n) is 8.78. The summed E-state index contributed by atoms with van der Waals surface area (Å²) in [6, 6.07) is 14.9. The molecule has 1 heterocycles. The number of benzene rings is 2. The SMILES string of the molecule is CCc1c(C)cccc1C.Cc1ccc(C(F)(F)F)cc1C1=C(c2cccc(C(=O)O)n2)CCC1. The van der Waals surface area contributed by atoms with Crippen LogP contribution in [0.4, 0.5) is 13.2 Å². The van der Waals surface area contributed by atoms with Crippen LogP contribution in [-0.4, -0.2) is 16.1 Å². The minimum absolute atomic E-state index is 0.0722. The maximum absolute atomic E-state index is 13.1.